The first kappa shape index (κ1) is 5.14. The lowest BCUT2D eigenvalue weighted by atomic mass is 10.7. The molecule has 3 nitrogen and oxygen atoms in total. The maximum absolute atomic E-state index is 11.4. The Morgan fingerprint density at radius 3 is 2.62 bits per heavy atom. The fourth-order valence-electron chi connectivity index (χ4n) is 0.243. The van der Waals surface area contributed by atoms with Crippen molar-refractivity contribution < 1.29 is 13.3 Å². The number of hydrogen-bond acceptors (Lipinski definition) is 3. The number of hydrogen-bond donors (Lipinski definition) is 0. The van der Waals surface area contributed by atoms with Crippen molar-refractivity contribution in [3.63, 3.8) is 0 Å². The van der Waals surface area contributed by atoms with E-state index >= 15 is 0 Å². The number of halogens is 2. The largest absolute Gasteiger partial charge is 0.328 e. The van der Waals surface area contributed by atoms with Gasteiger partial charge in [-0.25, -0.2) is 8.78 Å². The summed E-state index contributed by atoms with van der Waals surface area (Å²) in [6.07, 6.45) is -0.867. The summed E-state index contributed by atoms with van der Waals surface area (Å²) < 4.78 is 26.7. The molecule has 0 aromatic carbocycles. The number of aromatic nitrogens is 2. The van der Waals surface area contributed by atoms with Gasteiger partial charge >= 0.3 is 12.8 Å². The topological polar surface area (TPSA) is 38.9 Å². The Morgan fingerprint density at radius 2 is 2.38 bits per heavy atom. The second-order valence-corrected chi connectivity index (χ2v) is 1.04. The molecule has 0 unspecified atom stereocenters. The molecule has 0 aliphatic carbocycles. The van der Waals surface area contributed by atoms with E-state index in [4.69, 9.17) is 0 Å². The maximum atomic E-state index is 11.4. The van der Waals surface area contributed by atoms with Crippen LogP contribution in [-0.2, 0) is 0 Å². The summed E-state index contributed by atoms with van der Waals surface area (Å²) in [7, 11) is 0. The van der Waals surface area contributed by atoms with Gasteiger partial charge in [-0.15, -0.1) is 0 Å². The minimum Gasteiger partial charge on any atom is -0.328 e. The van der Waals surface area contributed by atoms with Gasteiger partial charge < -0.3 is 4.52 Å². The van der Waals surface area contributed by atoms with Crippen molar-refractivity contribution in [1.29, 1.82) is 0 Å². The predicted octanol–water partition coefficient (Wildman–Crippen LogP) is 0.807. The first-order chi connectivity index (χ1) is 3.80. The van der Waals surface area contributed by atoms with Crippen molar-refractivity contribution >= 4 is 0 Å². The van der Waals surface area contributed by atoms with Gasteiger partial charge in [0.15, 0.2) is 0 Å². The molecule has 0 fully saturated rings. The molecule has 1 radical (unpaired) electrons. The monoisotopic (exact) mass is 119 g/mol. The highest BCUT2D eigenvalue weighted by molar-refractivity contribution is 4.76. The Bertz CT molecular complexity index is 150. The van der Waals surface area contributed by atoms with E-state index in [1.807, 2.05) is 0 Å². The van der Waals surface area contributed by atoms with Gasteiger partial charge in [0.2, 0.25) is 5.82 Å². The zero-order chi connectivity index (χ0) is 5.98. The first-order valence-electron chi connectivity index (χ1n) is 1.78. The summed E-state index contributed by atoms with van der Waals surface area (Å²) in [5, 5.41) is 2.82. The standard InChI is InChI=1S/C3HF2N2O/c4-2(5)3-6-1-8-7-3/h2H. The molecule has 1 heterocycles. The van der Waals surface area contributed by atoms with Gasteiger partial charge in [0.05, 0.1) is 0 Å². The second kappa shape index (κ2) is 1.85. The van der Waals surface area contributed by atoms with Crippen molar-refractivity contribution in [2.45, 2.75) is 6.43 Å². The first-order valence-corrected chi connectivity index (χ1v) is 1.78. The quantitative estimate of drug-likeness (QED) is 0.549. The molecule has 0 saturated heterocycles. The average molecular weight is 119 g/mol. The van der Waals surface area contributed by atoms with E-state index in [0.29, 0.717) is 0 Å². The van der Waals surface area contributed by atoms with E-state index in [1.165, 1.54) is 0 Å². The number of alkyl halides is 2. The molecule has 1 aromatic heterocycles. The summed E-state index contributed by atoms with van der Waals surface area (Å²) in [5.41, 5.74) is 0. The van der Waals surface area contributed by atoms with E-state index in [1.54, 1.807) is 6.39 Å². The molecule has 0 aliphatic heterocycles. The van der Waals surface area contributed by atoms with Gasteiger partial charge in [-0.3, -0.25) is 0 Å². The lowest BCUT2D eigenvalue weighted by Crippen LogP contribution is -1.84. The summed E-state index contributed by atoms with van der Waals surface area (Å²) in [5.74, 6) is -0.620. The van der Waals surface area contributed by atoms with Gasteiger partial charge in [-0.2, -0.15) is 4.98 Å². The average Bonchev–Trinajstić information content (AvgIpc) is 2.12. The zero-order valence-corrected chi connectivity index (χ0v) is 3.64. The van der Waals surface area contributed by atoms with Gasteiger partial charge in [-0.1, -0.05) is 5.16 Å². The van der Waals surface area contributed by atoms with Crippen LogP contribution in [0.2, 0.25) is 0 Å². The van der Waals surface area contributed by atoms with Crippen molar-refractivity contribution in [3.8, 4) is 0 Å². The Morgan fingerprint density at radius 1 is 1.62 bits per heavy atom. The molecular weight excluding hydrogens is 118 g/mol. The zero-order valence-electron chi connectivity index (χ0n) is 3.64. The van der Waals surface area contributed by atoms with Gasteiger partial charge in [0.1, 0.15) is 0 Å². The van der Waals surface area contributed by atoms with Crippen LogP contribution in [0.25, 0.3) is 0 Å². The van der Waals surface area contributed by atoms with Crippen LogP contribution in [0.5, 0.6) is 0 Å². The molecule has 1 rings (SSSR count). The van der Waals surface area contributed by atoms with E-state index in [-0.39, 0.29) is 0 Å². The Hall–Kier alpha value is -1.00. The van der Waals surface area contributed by atoms with Crippen LogP contribution in [0.15, 0.2) is 4.52 Å². The highest BCUT2D eigenvalue weighted by Crippen LogP contribution is 2.11. The number of rotatable bonds is 1. The molecule has 5 heteroatoms. The van der Waals surface area contributed by atoms with Crippen LogP contribution >= 0.6 is 0 Å². The van der Waals surface area contributed by atoms with Crippen molar-refractivity contribution in [2.75, 3.05) is 0 Å². The summed E-state index contributed by atoms with van der Waals surface area (Å²) >= 11 is 0. The third-order valence-corrected chi connectivity index (χ3v) is 0.535. The van der Waals surface area contributed by atoms with Crippen LogP contribution in [0.3, 0.4) is 0 Å². The van der Waals surface area contributed by atoms with Gasteiger partial charge in [0.25, 0.3) is 0 Å². The highest BCUT2D eigenvalue weighted by atomic mass is 19.3. The van der Waals surface area contributed by atoms with Crippen LogP contribution < -0.4 is 0 Å². The molecule has 0 N–H and O–H groups in total. The Balaban J connectivity index is 2.77. The van der Waals surface area contributed by atoms with Crippen LogP contribution in [0, 0.1) is 6.39 Å². The fraction of sp³-hybridized carbons (Fsp3) is 0.333. The van der Waals surface area contributed by atoms with E-state index in [0.717, 1.165) is 0 Å². The normalized spacial score (nSPS) is 10.4. The van der Waals surface area contributed by atoms with Crippen LogP contribution in [0.4, 0.5) is 8.78 Å². The van der Waals surface area contributed by atoms with E-state index in [9.17, 15) is 8.78 Å². The van der Waals surface area contributed by atoms with Crippen LogP contribution in [0.1, 0.15) is 12.2 Å². The van der Waals surface area contributed by atoms with Crippen LogP contribution in [-0.4, -0.2) is 10.1 Å². The third-order valence-electron chi connectivity index (χ3n) is 0.535. The summed E-state index contributed by atoms with van der Waals surface area (Å²) in [6, 6.07) is 0. The third kappa shape index (κ3) is 0.800. The highest BCUT2D eigenvalue weighted by Gasteiger charge is 2.10. The summed E-state index contributed by atoms with van der Waals surface area (Å²) in [4.78, 5) is 2.96. The molecule has 0 spiro atoms. The lowest BCUT2D eigenvalue weighted by molar-refractivity contribution is 0.136. The lowest BCUT2D eigenvalue weighted by Gasteiger charge is -1.82. The molecule has 0 saturated carbocycles. The molecule has 43 valence electrons. The number of nitrogens with zero attached hydrogens (tertiary/aromatic N) is 2. The predicted molar refractivity (Wildman–Crippen MR) is 18.1 cm³/mol. The second-order valence-electron chi connectivity index (χ2n) is 1.04. The SMILES string of the molecule is FC(F)c1n[c]on1. The maximum Gasteiger partial charge on any atom is 0.316 e. The Kier molecular flexibility index (Phi) is 1.19. The summed E-state index contributed by atoms with van der Waals surface area (Å²) in [6.45, 7) is 0. The molecule has 1 aromatic rings. The molecule has 0 atom stereocenters. The van der Waals surface area contributed by atoms with Crippen molar-refractivity contribution in [3.05, 3.63) is 12.2 Å². The van der Waals surface area contributed by atoms with E-state index in [2.05, 4.69) is 14.7 Å². The minimum atomic E-state index is -2.66. The molecule has 0 bridgehead atoms. The smallest absolute Gasteiger partial charge is 0.316 e. The minimum absolute atomic E-state index is 0.620. The molecule has 0 aliphatic rings. The van der Waals surface area contributed by atoms with Gasteiger partial charge in [-0.05, 0) is 0 Å². The Labute approximate surface area is 43.3 Å². The van der Waals surface area contributed by atoms with Crippen molar-refractivity contribution in [2.24, 2.45) is 0 Å². The van der Waals surface area contributed by atoms with Gasteiger partial charge in [0, 0.05) is 0 Å². The van der Waals surface area contributed by atoms with Crippen molar-refractivity contribution in [1.82, 2.24) is 10.1 Å². The fourth-order valence-corrected chi connectivity index (χ4v) is 0.243. The molecule has 8 heavy (non-hydrogen) atoms. The molecular formula is C3HF2N2O. The molecule has 0 amide bonds. The van der Waals surface area contributed by atoms with E-state index < -0.39 is 12.2 Å².